The molecular weight excluding hydrogens is 483 g/mol. The Morgan fingerprint density at radius 2 is 1.93 bits per heavy atom. The van der Waals surface area contributed by atoms with Crippen molar-refractivity contribution in [2.75, 3.05) is 44.4 Å². The highest BCUT2D eigenvalue weighted by Crippen LogP contribution is 2.30. The molecule has 0 spiro atoms. The fourth-order valence-electron chi connectivity index (χ4n) is 2.07. The summed E-state index contributed by atoms with van der Waals surface area (Å²) in [5.74, 6) is 2.03. The summed E-state index contributed by atoms with van der Waals surface area (Å²) in [6, 6.07) is 5.56. The Balaban J connectivity index is 0.00000676. The molecule has 0 aliphatic rings. The van der Waals surface area contributed by atoms with Crippen molar-refractivity contribution in [3.63, 3.8) is 0 Å². The van der Waals surface area contributed by atoms with E-state index in [9.17, 15) is 8.42 Å². The molecule has 10 heteroatoms. The Morgan fingerprint density at radius 1 is 1.19 bits per heavy atom. The van der Waals surface area contributed by atoms with E-state index < -0.39 is 10.0 Å². The molecule has 8 nitrogen and oxygen atoms in total. The molecule has 0 unspecified atom stereocenters. The van der Waals surface area contributed by atoms with Crippen LogP contribution in [-0.4, -0.2) is 53.5 Å². The Kier molecular flexibility index (Phi) is 13.2. The van der Waals surface area contributed by atoms with Crippen molar-refractivity contribution in [3.8, 4) is 11.5 Å². The van der Waals surface area contributed by atoms with Crippen molar-refractivity contribution in [1.82, 2.24) is 10.0 Å². The van der Waals surface area contributed by atoms with Crippen molar-refractivity contribution >= 4 is 45.6 Å². The topological polar surface area (TPSA) is 101 Å². The molecule has 0 aliphatic heterocycles. The maximum atomic E-state index is 11.4. The molecule has 1 aromatic carbocycles. The van der Waals surface area contributed by atoms with E-state index in [2.05, 4.69) is 20.3 Å². The average Bonchev–Trinajstić information content (AvgIpc) is 2.62. The number of halogens is 1. The molecule has 0 atom stereocenters. The summed E-state index contributed by atoms with van der Waals surface area (Å²) in [6.45, 7) is 7.62. The first-order valence-electron chi connectivity index (χ1n) is 8.79. The number of methoxy groups -OCH3 is 1. The van der Waals surface area contributed by atoms with Crippen LogP contribution < -0.4 is 24.8 Å². The van der Waals surface area contributed by atoms with Crippen LogP contribution in [0.4, 0.5) is 5.69 Å². The van der Waals surface area contributed by atoms with Gasteiger partial charge in [0, 0.05) is 31.4 Å². The van der Waals surface area contributed by atoms with Crippen LogP contribution in [-0.2, 0) is 10.0 Å². The summed E-state index contributed by atoms with van der Waals surface area (Å²) in [4.78, 5) is 4.46. The zero-order chi connectivity index (χ0) is 19.4. The van der Waals surface area contributed by atoms with Gasteiger partial charge in [0.2, 0.25) is 10.0 Å². The van der Waals surface area contributed by atoms with Gasteiger partial charge in [-0.25, -0.2) is 13.1 Å². The molecule has 0 aromatic heterocycles. The van der Waals surface area contributed by atoms with Crippen molar-refractivity contribution in [2.24, 2.45) is 4.99 Å². The van der Waals surface area contributed by atoms with Gasteiger partial charge in [-0.2, -0.15) is 0 Å². The highest BCUT2D eigenvalue weighted by molar-refractivity contribution is 14.0. The van der Waals surface area contributed by atoms with Gasteiger partial charge in [0.05, 0.1) is 19.5 Å². The van der Waals surface area contributed by atoms with E-state index in [0.29, 0.717) is 50.1 Å². The first-order chi connectivity index (χ1) is 12.5. The summed E-state index contributed by atoms with van der Waals surface area (Å²) in [7, 11) is -1.55. The number of anilines is 1. The Morgan fingerprint density at radius 3 is 2.52 bits per heavy atom. The van der Waals surface area contributed by atoms with Crippen LogP contribution in [0.2, 0.25) is 0 Å². The number of hydrogen-bond acceptors (Lipinski definition) is 5. The van der Waals surface area contributed by atoms with E-state index in [4.69, 9.17) is 9.47 Å². The maximum Gasteiger partial charge on any atom is 0.211 e. The van der Waals surface area contributed by atoms with Gasteiger partial charge in [-0.05, 0) is 39.3 Å². The number of hydrogen-bond donors (Lipinski definition) is 3. The van der Waals surface area contributed by atoms with Gasteiger partial charge in [-0.3, -0.25) is 4.99 Å². The number of nitrogens with one attached hydrogen (secondary N) is 3. The number of nitrogens with zero attached hydrogens (tertiary/aromatic N) is 1. The largest absolute Gasteiger partial charge is 0.493 e. The van der Waals surface area contributed by atoms with E-state index in [1.807, 2.05) is 32.0 Å². The maximum absolute atomic E-state index is 11.4. The molecule has 1 rings (SSSR count). The van der Waals surface area contributed by atoms with Gasteiger partial charge >= 0.3 is 0 Å². The van der Waals surface area contributed by atoms with Crippen molar-refractivity contribution < 1.29 is 17.9 Å². The SMILES string of the molecule is CCNC(=NCCCNS(=O)(=O)CC)Nc1ccc(OC)c(OCC)c1.I. The van der Waals surface area contributed by atoms with Gasteiger partial charge in [0.15, 0.2) is 17.5 Å². The molecule has 0 amide bonds. The standard InChI is InChI=1S/C17H30N4O4S.HI/c1-5-18-17(19-11-8-12-20-26(22,23)7-3)21-14-9-10-15(24-4)16(13-14)25-6-2;/h9-10,13,20H,5-8,11-12H2,1-4H3,(H2,18,19,21);1H. The van der Waals surface area contributed by atoms with E-state index in [-0.39, 0.29) is 29.7 Å². The first-order valence-corrected chi connectivity index (χ1v) is 10.4. The van der Waals surface area contributed by atoms with Gasteiger partial charge in [-0.1, -0.05) is 0 Å². The summed E-state index contributed by atoms with van der Waals surface area (Å²) >= 11 is 0. The fraction of sp³-hybridized carbons (Fsp3) is 0.588. The molecule has 0 bridgehead atoms. The second-order valence-electron chi connectivity index (χ2n) is 5.34. The minimum atomic E-state index is -3.15. The van der Waals surface area contributed by atoms with Crippen molar-refractivity contribution in [3.05, 3.63) is 18.2 Å². The van der Waals surface area contributed by atoms with Gasteiger partial charge in [0.25, 0.3) is 0 Å². The van der Waals surface area contributed by atoms with Crippen LogP contribution >= 0.6 is 24.0 Å². The molecule has 3 N–H and O–H groups in total. The second-order valence-corrected chi connectivity index (χ2v) is 7.43. The second kappa shape index (κ2) is 13.8. The van der Waals surface area contributed by atoms with Crippen LogP contribution in [0.15, 0.2) is 23.2 Å². The van der Waals surface area contributed by atoms with E-state index in [1.54, 1.807) is 14.0 Å². The third-order valence-electron chi connectivity index (χ3n) is 3.38. The highest BCUT2D eigenvalue weighted by Gasteiger charge is 2.07. The van der Waals surface area contributed by atoms with Crippen molar-refractivity contribution in [1.29, 1.82) is 0 Å². The molecule has 0 saturated carbocycles. The fourth-order valence-corrected chi connectivity index (χ4v) is 2.73. The predicted octanol–water partition coefficient (Wildman–Crippen LogP) is 2.42. The van der Waals surface area contributed by atoms with Crippen LogP contribution in [0.1, 0.15) is 27.2 Å². The number of benzene rings is 1. The van der Waals surface area contributed by atoms with Gasteiger partial charge < -0.3 is 20.1 Å². The van der Waals surface area contributed by atoms with Crippen molar-refractivity contribution in [2.45, 2.75) is 27.2 Å². The monoisotopic (exact) mass is 514 g/mol. The molecule has 0 aliphatic carbocycles. The summed E-state index contributed by atoms with van der Waals surface area (Å²) in [6.07, 6.45) is 0.614. The van der Waals surface area contributed by atoms with Crippen LogP contribution in [0, 0.1) is 0 Å². The number of sulfonamides is 1. The normalized spacial score (nSPS) is 11.5. The lowest BCUT2D eigenvalue weighted by Crippen LogP contribution is -2.31. The quantitative estimate of drug-likeness (QED) is 0.182. The molecular formula is C17H31IN4O4S. The minimum Gasteiger partial charge on any atom is -0.493 e. The average molecular weight is 514 g/mol. The van der Waals surface area contributed by atoms with Crippen LogP contribution in [0.5, 0.6) is 11.5 Å². The van der Waals surface area contributed by atoms with Gasteiger partial charge in [0.1, 0.15) is 0 Å². The van der Waals surface area contributed by atoms with E-state index >= 15 is 0 Å². The first kappa shape index (κ1) is 25.7. The predicted molar refractivity (Wildman–Crippen MR) is 121 cm³/mol. The summed E-state index contributed by atoms with van der Waals surface area (Å²) in [5, 5.41) is 6.37. The summed E-state index contributed by atoms with van der Waals surface area (Å²) in [5.41, 5.74) is 0.820. The number of guanidine groups is 1. The van der Waals surface area contributed by atoms with Crippen LogP contribution in [0.3, 0.4) is 0 Å². The smallest absolute Gasteiger partial charge is 0.211 e. The highest BCUT2D eigenvalue weighted by atomic mass is 127. The zero-order valence-corrected chi connectivity index (χ0v) is 19.5. The number of aliphatic imine (C=N–C) groups is 1. The third-order valence-corrected chi connectivity index (χ3v) is 4.78. The lowest BCUT2D eigenvalue weighted by atomic mass is 10.2. The molecule has 1 aromatic rings. The Hall–Kier alpha value is -1.27. The number of ether oxygens (including phenoxy) is 2. The zero-order valence-electron chi connectivity index (χ0n) is 16.4. The molecule has 0 heterocycles. The van der Waals surface area contributed by atoms with Crippen LogP contribution in [0.25, 0.3) is 0 Å². The Labute approximate surface area is 179 Å². The number of rotatable bonds is 11. The van der Waals surface area contributed by atoms with Gasteiger partial charge in [-0.15, -0.1) is 24.0 Å². The molecule has 0 saturated heterocycles. The Bertz CT molecular complexity index is 684. The summed E-state index contributed by atoms with van der Waals surface area (Å²) < 4.78 is 36.2. The molecule has 0 fully saturated rings. The molecule has 27 heavy (non-hydrogen) atoms. The lowest BCUT2D eigenvalue weighted by molar-refractivity contribution is 0.311. The third kappa shape index (κ3) is 10.0. The minimum absolute atomic E-state index is 0. The van der Waals surface area contributed by atoms with E-state index in [0.717, 1.165) is 5.69 Å². The molecule has 0 radical (unpaired) electrons. The van der Waals surface area contributed by atoms with E-state index in [1.165, 1.54) is 0 Å². The lowest BCUT2D eigenvalue weighted by Gasteiger charge is -2.14. The molecule has 156 valence electrons.